The minimum Gasteiger partial charge on any atom is -0.289 e. The van der Waals surface area contributed by atoms with Crippen molar-refractivity contribution in [3.8, 4) is 0 Å². The fourth-order valence-corrected chi connectivity index (χ4v) is 1.64. The van der Waals surface area contributed by atoms with E-state index in [1.807, 2.05) is 0 Å². The number of ketones is 2. The van der Waals surface area contributed by atoms with Crippen LogP contribution < -0.4 is 0 Å². The maximum atomic E-state index is 11.7. The highest BCUT2D eigenvalue weighted by Gasteiger charge is 2.22. The lowest BCUT2D eigenvalue weighted by atomic mass is 9.89. The Bertz CT molecular complexity index is 507. The van der Waals surface area contributed by atoms with E-state index < -0.39 is 0 Å². The Morgan fingerprint density at radius 3 is 2.60 bits per heavy atom. The minimum atomic E-state index is -0.106. The van der Waals surface area contributed by atoms with Crippen molar-refractivity contribution in [2.75, 3.05) is 0 Å². The highest BCUT2D eigenvalue weighted by Crippen LogP contribution is 2.22. The van der Waals surface area contributed by atoms with E-state index in [1.165, 1.54) is 6.08 Å². The number of rotatable bonds is 1. The van der Waals surface area contributed by atoms with Crippen LogP contribution in [-0.2, 0) is 0 Å². The predicted molar refractivity (Wildman–Crippen MR) is 59.0 cm³/mol. The highest BCUT2D eigenvalue weighted by molar-refractivity contribution is 6.24. The number of hydrogen-bond acceptors (Lipinski definition) is 2. The molecule has 0 unspecified atom stereocenters. The van der Waals surface area contributed by atoms with Gasteiger partial charge in [-0.25, -0.2) is 0 Å². The predicted octanol–water partition coefficient (Wildman–Crippen LogP) is 2.65. The molecule has 0 amide bonds. The summed E-state index contributed by atoms with van der Waals surface area (Å²) < 4.78 is 0. The summed E-state index contributed by atoms with van der Waals surface area (Å²) in [6.45, 7) is 5.28. The Kier molecular flexibility index (Phi) is 2.12. The third-order valence-electron chi connectivity index (χ3n) is 2.50. The summed E-state index contributed by atoms with van der Waals surface area (Å²) in [6.07, 6.45) is 3.04. The van der Waals surface area contributed by atoms with Crippen molar-refractivity contribution in [1.29, 1.82) is 0 Å². The van der Waals surface area contributed by atoms with E-state index in [0.29, 0.717) is 16.7 Å². The standard InChI is InChI=1S/C13H10O2/c1-3-9-4-5-10-11(7-9)12(14)6-8(2)13(10)15/h3-7H,1H2,2H3. The van der Waals surface area contributed by atoms with E-state index in [2.05, 4.69) is 6.58 Å². The normalized spacial score (nSPS) is 14.6. The molecule has 0 saturated carbocycles. The summed E-state index contributed by atoms with van der Waals surface area (Å²) in [6, 6.07) is 5.17. The van der Waals surface area contributed by atoms with Crippen molar-refractivity contribution in [1.82, 2.24) is 0 Å². The molecule has 15 heavy (non-hydrogen) atoms. The summed E-state index contributed by atoms with van der Waals surface area (Å²) >= 11 is 0. The van der Waals surface area contributed by atoms with E-state index in [1.54, 1.807) is 31.2 Å². The molecule has 74 valence electrons. The SMILES string of the molecule is C=Cc1ccc2c(c1)C(=O)C=C(C)C2=O. The van der Waals surface area contributed by atoms with Gasteiger partial charge in [0.15, 0.2) is 11.6 Å². The second kappa shape index (κ2) is 3.31. The van der Waals surface area contributed by atoms with E-state index in [0.717, 1.165) is 5.56 Å². The van der Waals surface area contributed by atoms with Crippen molar-refractivity contribution in [2.24, 2.45) is 0 Å². The topological polar surface area (TPSA) is 34.1 Å². The molecule has 1 aliphatic carbocycles. The van der Waals surface area contributed by atoms with Crippen LogP contribution in [0.2, 0.25) is 0 Å². The van der Waals surface area contributed by atoms with Gasteiger partial charge in [0, 0.05) is 16.7 Å². The molecule has 0 spiro atoms. The van der Waals surface area contributed by atoms with Gasteiger partial charge in [-0.15, -0.1) is 0 Å². The molecule has 0 saturated heterocycles. The first kappa shape index (κ1) is 9.59. The number of carbonyl (C=O) groups is 2. The van der Waals surface area contributed by atoms with Crippen LogP contribution in [-0.4, -0.2) is 11.6 Å². The molecule has 0 N–H and O–H groups in total. The van der Waals surface area contributed by atoms with Crippen molar-refractivity contribution in [3.63, 3.8) is 0 Å². The Morgan fingerprint density at radius 1 is 1.20 bits per heavy atom. The Hall–Kier alpha value is -1.96. The van der Waals surface area contributed by atoms with Crippen molar-refractivity contribution < 1.29 is 9.59 Å². The molecule has 1 aromatic rings. The maximum Gasteiger partial charge on any atom is 0.189 e. The molecule has 0 atom stereocenters. The molecular weight excluding hydrogens is 188 g/mol. The second-order valence-corrected chi connectivity index (χ2v) is 3.53. The Labute approximate surface area is 87.9 Å². The number of fused-ring (bicyclic) bond motifs is 1. The third kappa shape index (κ3) is 1.44. The molecule has 1 aromatic carbocycles. The molecule has 0 aromatic heterocycles. The molecule has 0 bridgehead atoms. The van der Waals surface area contributed by atoms with Gasteiger partial charge in [0.05, 0.1) is 0 Å². The largest absolute Gasteiger partial charge is 0.289 e. The molecule has 0 fully saturated rings. The molecule has 0 aliphatic heterocycles. The van der Waals surface area contributed by atoms with Crippen molar-refractivity contribution in [3.05, 3.63) is 53.1 Å². The summed E-state index contributed by atoms with van der Waals surface area (Å²) in [7, 11) is 0. The van der Waals surface area contributed by atoms with Gasteiger partial charge in [0.25, 0.3) is 0 Å². The molecule has 0 radical (unpaired) electrons. The van der Waals surface area contributed by atoms with Crippen LogP contribution >= 0.6 is 0 Å². The van der Waals surface area contributed by atoms with Crippen LogP contribution in [0.5, 0.6) is 0 Å². The monoisotopic (exact) mass is 198 g/mol. The van der Waals surface area contributed by atoms with Gasteiger partial charge < -0.3 is 0 Å². The summed E-state index contributed by atoms with van der Waals surface area (Å²) in [5, 5.41) is 0. The first-order chi connectivity index (χ1) is 7.13. The fourth-order valence-electron chi connectivity index (χ4n) is 1.64. The molecule has 2 rings (SSSR count). The van der Waals surface area contributed by atoms with Gasteiger partial charge in [-0.3, -0.25) is 9.59 Å². The second-order valence-electron chi connectivity index (χ2n) is 3.53. The lowest BCUT2D eigenvalue weighted by Crippen LogP contribution is -2.15. The minimum absolute atomic E-state index is 0.0692. The van der Waals surface area contributed by atoms with Crippen LogP contribution in [0.25, 0.3) is 6.08 Å². The van der Waals surface area contributed by atoms with Gasteiger partial charge in [-0.2, -0.15) is 0 Å². The molecule has 0 heterocycles. The van der Waals surface area contributed by atoms with Crippen molar-refractivity contribution >= 4 is 17.6 Å². The highest BCUT2D eigenvalue weighted by atomic mass is 16.1. The van der Waals surface area contributed by atoms with Gasteiger partial charge in [-0.1, -0.05) is 18.7 Å². The van der Waals surface area contributed by atoms with E-state index in [-0.39, 0.29) is 11.6 Å². The van der Waals surface area contributed by atoms with Crippen LogP contribution in [0.1, 0.15) is 33.2 Å². The van der Waals surface area contributed by atoms with Gasteiger partial charge in [-0.05, 0) is 30.7 Å². The number of Topliss-reactive ketones (excluding diaryl/α,β-unsaturated/α-hetero) is 1. The summed E-state index contributed by atoms with van der Waals surface area (Å²) in [5.41, 5.74) is 2.32. The van der Waals surface area contributed by atoms with Crippen LogP contribution in [0, 0.1) is 0 Å². The average molecular weight is 198 g/mol. The van der Waals surface area contributed by atoms with Gasteiger partial charge in [0.1, 0.15) is 0 Å². The average Bonchev–Trinajstić information content (AvgIpc) is 2.25. The molecule has 1 aliphatic rings. The third-order valence-corrected chi connectivity index (χ3v) is 2.50. The Balaban J connectivity index is 2.67. The lowest BCUT2D eigenvalue weighted by Gasteiger charge is -2.12. The van der Waals surface area contributed by atoms with Crippen LogP contribution in [0.4, 0.5) is 0 Å². The zero-order chi connectivity index (χ0) is 11.0. The smallest absolute Gasteiger partial charge is 0.189 e. The fraction of sp³-hybridized carbons (Fsp3) is 0.0769. The first-order valence-corrected chi connectivity index (χ1v) is 4.67. The van der Waals surface area contributed by atoms with E-state index >= 15 is 0 Å². The zero-order valence-electron chi connectivity index (χ0n) is 8.41. The number of carbonyl (C=O) groups excluding carboxylic acids is 2. The maximum absolute atomic E-state index is 11.7. The number of allylic oxidation sites excluding steroid dienone is 2. The number of benzene rings is 1. The zero-order valence-corrected chi connectivity index (χ0v) is 8.41. The number of hydrogen-bond donors (Lipinski definition) is 0. The molecule has 2 nitrogen and oxygen atoms in total. The van der Waals surface area contributed by atoms with Crippen molar-refractivity contribution in [2.45, 2.75) is 6.92 Å². The van der Waals surface area contributed by atoms with Gasteiger partial charge >= 0.3 is 0 Å². The lowest BCUT2D eigenvalue weighted by molar-refractivity contribution is 0.0984. The van der Waals surface area contributed by atoms with Crippen LogP contribution in [0.15, 0.2) is 36.4 Å². The summed E-state index contributed by atoms with van der Waals surface area (Å²) in [4.78, 5) is 23.4. The van der Waals surface area contributed by atoms with E-state index in [9.17, 15) is 9.59 Å². The molecular formula is C13H10O2. The van der Waals surface area contributed by atoms with Gasteiger partial charge in [0.2, 0.25) is 0 Å². The molecule has 2 heteroatoms. The first-order valence-electron chi connectivity index (χ1n) is 4.67. The van der Waals surface area contributed by atoms with Crippen LogP contribution in [0.3, 0.4) is 0 Å². The van der Waals surface area contributed by atoms with E-state index in [4.69, 9.17) is 0 Å². The summed E-state index contributed by atoms with van der Waals surface area (Å²) in [5.74, 6) is -0.175. The Morgan fingerprint density at radius 2 is 1.93 bits per heavy atom. The quantitative estimate of drug-likeness (QED) is 0.695.